The lowest BCUT2D eigenvalue weighted by Gasteiger charge is -2.11. The van der Waals surface area contributed by atoms with E-state index in [2.05, 4.69) is 43.0 Å². The van der Waals surface area contributed by atoms with Gasteiger partial charge in [-0.1, -0.05) is 61.2 Å². The van der Waals surface area contributed by atoms with Gasteiger partial charge >= 0.3 is 0 Å². The van der Waals surface area contributed by atoms with Gasteiger partial charge in [-0.2, -0.15) is 5.10 Å². The van der Waals surface area contributed by atoms with Crippen molar-refractivity contribution in [3.63, 3.8) is 0 Å². The summed E-state index contributed by atoms with van der Waals surface area (Å²) < 4.78 is 0.647. The summed E-state index contributed by atoms with van der Waals surface area (Å²) in [5, 5.41) is 20.1. The first-order valence-electron chi connectivity index (χ1n) is 8.76. The number of nitrogens with one attached hydrogen (secondary N) is 2. The molecule has 3 aromatic rings. The number of hydrogen-bond acceptors (Lipinski definition) is 4. The van der Waals surface area contributed by atoms with E-state index in [9.17, 15) is 5.11 Å². The summed E-state index contributed by atoms with van der Waals surface area (Å²) >= 11 is 3.52. The molecular formula is C21H22BrN5O. The minimum Gasteiger partial charge on any atom is -0.394 e. The summed E-state index contributed by atoms with van der Waals surface area (Å²) in [4.78, 5) is 4.45. The zero-order valence-electron chi connectivity index (χ0n) is 15.5. The fourth-order valence-corrected chi connectivity index (χ4v) is 3.31. The van der Waals surface area contributed by atoms with Crippen LogP contribution in [-0.4, -0.2) is 27.7 Å². The van der Waals surface area contributed by atoms with Crippen molar-refractivity contribution in [2.75, 3.05) is 11.9 Å². The summed E-state index contributed by atoms with van der Waals surface area (Å²) in [6, 6.07) is 17.0. The SMILES string of the molecule is C=C(Nc1n[nH]c(C(N)=NC(CO)c2ccccc2)c1Br)c1ccccc1C. The van der Waals surface area contributed by atoms with Gasteiger partial charge in [0.1, 0.15) is 17.6 Å². The molecule has 7 heteroatoms. The number of amidine groups is 1. The van der Waals surface area contributed by atoms with Crippen molar-refractivity contribution in [3.05, 3.63) is 88.0 Å². The molecule has 1 atom stereocenters. The molecule has 3 rings (SSSR count). The molecule has 1 aromatic heterocycles. The van der Waals surface area contributed by atoms with Crippen molar-refractivity contribution in [2.24, 2.45) is 10.7 Å². The van der Waals surface area contributed by atoms with Crippen LogP contribution in [0.3, 0.4) is 0 Å². The molecule has 0 saturated heterocycles. The molecule has 0 aliphatic carbocycles. The second kappa shape index (κ2) is 8.86. The van der Waals surface area contributed by atoms with E-state index in [1.165, 1.54) is 0 Å². The number of halogens is 1. The van der Waals surface area contributed by atoms with Crippen molar-refractivity contribution < 1.29 is 5.11 Å². The molecular weight excluding hydrogens is 418 g/mol. The van der Waals surface area contributed by atoms with Gasteiger partial charge in [-0.05, 0) is 34.0 Å². The van der Waals surface area contributed by atoms with Gasteiger partial charge in [0.2, 0.25) is 0 Å². The number of aromatic nitrogens is 2. The summed E-state index contributed by atoms with van der Waals surface area (Å²) in [7, 11) is 0. The number of aliphatic imine (C=N–C) groups is 1. The van der Waals surface area contributed by atoms with Crippen molar-refractivity contribution in [3.8, 4) is 0 Å². The van der Waals surface area contributed by atoms with E-state index in [-0.39, 0.29) is 12.4 Å². The number of hydrogen-bond donors (Lipinski definition) is 4. The summed E-state index contributed by atoms with van der Waals surface area (Å²) in [5.74, 6) is 0.804. The predicted octanol–water partition coefficient (Wildman–Crippen LogP) is 4.00. The molecule has 6 nitrogen and oxygen atoms in total. The standard InChI is InChI=1S/C21H22BrN5O/c1-13-8-6-7-11-16(13)14(2)24-21-18(22)19(26-27-21)20(23)25-17(12-28)15-9-4-3-5-10-15/h3-11,17,28H,2,12H2,1H3,(H2,23,25)(H2,24,26,27). The summed E-state index contributed by atoms with van der Waals surface area (Å²) in [6.45, 7) is 5.97. The molecule has 0 aliphatic heterocycles. The fraction of sp³-hybridized carbons (Fsp3) is 0.143. The first kappa shape index (κ1) is 19.9. The Labute approximate surface area is 172 Å². The quantitative estimate of drug-likeness (QED) is 0.330. The second-order valence-electron chi connectivity index (χ2n) is 6.30. The minimum atomic E-state index is -0.449. The third-order valence-electron chi connectivity index (χ3n) is 4.35. The molecule has 0 radical (unpaired) electrons. The first-order valence-corrected chi connectivity index (χ1v) is 9.55. The lowest BCUT2D eigenvalue weighted by Crippen LogP contribution is -2.17. The average molecular weight is 440 g/mol. The smallest absolute Gasteiger partial charge is 0.167 e. The lowest BCUT2D eigenvalue weighted by atomic mass is 10.1. The highest BCUT2D eigenvalue weighted by molar-refractivity contribution is 9.10. The fourth-order valence-electron chi connectivity index (χ4n) is 2.83. The van der Waals surface area contributed by atoms with Gasteiger partial charge in [0.05, 0.1) is 11.1 Å². The van der Waals surface area contributed by atoms with Crippen LogP contribution < -0.4 is 11.1 Å². The number of benzene rings is 2. The average Bonchev–Trinajstić information content (AvgIpc) is 3.07. The van der Waals surface area contributed by atoms with Gasteiger partial charge < -0.3 is 16.2 Å². The molecule has 1 heterocycles. The van der Waals surface area contributed by atoms with Crippen LogP contribution in [0.4, 0.5) is 5.82 Å². The largest absolute Gasteiger partial charge is 0.394 e. The molecule has 28 heavy (non-hydrogen) atoms. The van der Waals surface area contributed by atoms with Crippen molar-refractivity contribution in [2.45, 2.75) is 13.0 Å². The number of nitrogens with zero attached hydrogens (tertiary/aromatic N) is 2. The summed E-state index contributed by atoms with van der Waals surface area (Å²) in [6.07, 6.45) is 0. The van der Waals surface area contributed by atoms with Gasteiger partial charge in [0, 0.05) is 11.3 Å². The van der Waals surface area contributed by atoms with Crippen LogP contribution in [0, 0.1) is 6.92 Å². The van der Waals surface area contributed by atoms with Gasteiger partial charge in [-0.25, -0.2) is 0 Å². The molecule has 144 valence electrons. The Balaban J connectivity index is 1.82. The Morgan fingerprint density at radius 2 is 1.93 bits per heavy atom. The van der Waals surface area contributed by atoms with Gasteiger partial charge in [0.25, 0.3) is 0 Å². The van der Waals surface area contributed by atoms with E-state index in [0.717, 1.165) is 22.4 Å². The van der Waals surface area contributed by atoms with E-state index in [1.54, 1.807) is 0 Å². The van der Waals surface area contributed by atoms with E-state index in [0.29, 0.717) is 16.0 Å². The van der Waals surface area contributed by atoms with Crippen LogP contribution in [0.5, 0.6) is 0 Å². The number of aryl methyl sites for hydroxylation is 1. The number of rotatable bonds is 7. The molecule has 0 amide bonds. The molecule has 5 N–H and O–H groups in total. The Hall–Kier alpha value is -2.90. The summed E-state index contributed by atoms with van der Waals surface area (Å²) in [5.41, 5.74) is 10.4. The molecule has 0 saturated carbocycles. The topological polar surface area (TPSA) is 99.3 Å². The van der Waals surface area contributed by atoms with Crippen LogP contribution in [-0.2, 0) is 0 Å². The Bertz CT molecular complexity index is 997. The number of aromatic amines is 1. The van der Waals surface area contributed by atoms with Crippen molar-refractivity contribution in [1.82, 2.24) is 10.2 Å². The lowest BCUT2D eigenvalue weighted by molar-refractivity contribution is 0.269. The van der Waals surface area contributed by atoms with E-state index >= 15 is 0 Å². The normalized spacial score (nSPS) is 12.6. The molecule has 0 bridgehead atoms. The zero-order chi connectivity index (χ0) is 20.1. The van der Waals surface area contributed by atoms with Crippen LogP contribution in [0.25, 0.3) is 5.70 Å². The maximum atomic E-state index is 9.70. The molecule has 0 spiro atoms. The van der Waals surface area contributed by atoms with Gasteiger partial charge in [-0.3, -0.25) is 10.1 Å². The van der Waals surface area contributed by atoms with Crippen molar-refractivity contribution in [1.29, 1.82) is 0 Å². The van der Waals surface area contributed by atoms with Crippen LogP contribution in [0.15, 0.2) is 70.6 Å². The van der Waals surface area contributed by atoms with E-state index in [4.69, 9.17) is 5.73 Å². The highest BCUT2D eigenvalue weighted by atomic mass is 79.9. The Morgan fingerprint density at radius 1 is 1.25 bits per heavy atom. The number of aliphatic hydroxyl groups is 1. The minimum absolute atomic E-state index is 0.147. The number of anilines is 1. The first-order chi connectivity index (χ1) is 13.5. The number of nitrogens with two attached hydrogens (primary N) is 1. The van der Waals surface area contributed by atoms with Crippen LogP contribution in [0.2, 0.25) is 0 Å². The second-order valence-corrected chi connectivity index (χ2v) is 7.10. The third kappa shape index (κ3) is 4.32. The van der Waals surface area contributed by atoms with E-state index in [1.807, 2.05) is 61.5 Å². The predicted molar refractivity (Wildman–Crippen MR) is 117 cm³/mol. The third-order valence-corrected chi connectivity index (χ3v) is 5.13. The molecule has 0 aliphatic rings. The van der Waals surface area contributed by atoms with E-state index < -0.39 is 6.04 Å². The maximum absolute atomic E-state index is 9.70. The van der Waals surface area contributed by atoms with Crippen LogP contribution in [0.1, 0.15) is 28.4 Å². The monoisotopic (exact) mass is 439 g/mol. The highest BCUT2D eigenvalue weighted by Crippen LogP contribution is 2.28. The Morgan fingerprint density at radius 3 is 2.61 bits per heavy atom. The maximum Gasteiger partial charge on any atom is 0.167 e. The number of aliphatic hydroxyl groups excluding tert-OH is 1. The molecule has 0 fully saturated rings. The number of H-pyrrole nitrogens is 1. The Kier molecular flexibility index (Phi) is 6.28. The van der Waals surface area contributed by atoms with Gasteiger partial charge in [0.15, 0.2) is 5.82 Å². The van der Waals surface area contributed by atoms with Gasteiger partial charge in [-0.15, -0.1) is 0 Å². The zero-order valence-corrected chi connectivity index (χ0v) is 17.1. The molecule has 1 unspecified atom stereocenters. The van der Waals surface area contributed by atoms with Crippen molar-refractivity contribution >= 4 is 33.3 Å². The molecule has 2 aromatic carbocycles. The van der Waals surface area contributed by atoms with Crippen LogP contribution >= 0.6 is 15.9 Å². The highest BCUT2D eigenvalue weighted by Gasteiger charge is 2.17.